The third-order valence-corrected chi connectivity index (χ3v) is 2.80. The summed E-state index contributed by atoms with van der Waals surface area (Å²) < 4.78 is 11.2. The number of methoxy groups -OCH3 is 1. The minimum atomic E-state index is -0.357. The Labute approximate surface area is 113 Å². The summed E-state index contributed by atoms with van der Waals surface area (Å²) in [7, 11) is 1.36. The Balaban J connectivity index is 2.13. The van der Waals surface area contributed by atoms with Crippen LogP contribution < -0.4 is 4.74 Å². The number of hydrogen-bond donors (Lipinski definition) is 0. The van der Waals surface area contributed by atoms with Crippen molar-refractivity contribution in [3.63, 3.8) is 0 Å². The van der Waals surface area contributed by atoms with Crippen molar-refractivity contribution in [3.05, 3.63) is 58.6 Å². The molecule has 2 rings (SSSR count). The van der Waals surface area contributed by atoms with Gasteiger partial charge in [0.25, 0.3) is 0 Å². The summed E-state index contributed by atoms with van der Waals surface area (Å²) in [4.78, 5) is 11.3. The Bertz CT molecular complexity index is 549. The van der Waals surface area contributed by atoms with Crippen molar-refractivity contribution in [1.82, 2.24) is 0 Å². The van der Waals surface area contributed by atoms with Gasteiger partial charge in [0.05, 0.1) is 12.7 Å². The Morgan fingerprint density at radius 2 is 1.78 bits per heavy atom. The summed E-state index contributed by atoms with van der Waals surface area (Å²) in [5, 5.41) is 0. The highest BCUT2D eigenvalue weighted by molar-refractivity contribution is 9.10. The lowest BCUT2D eigenvalue weighted by Crippen LogP contribution is -2.00. The van der Waals surface area contributed by atoms with E-state index in [1.165, 1.54) is 7.11 Å². The molecular formula is C14H11BrO3. The Morgan fingerprint density at radius 3 is 2.39 bits per heavy atom. The van der Waals surface area contributed by atoms with E-state index in [0.717, 1.165) is 10.2 Å². The van der Waals surface area contributed by atoms with E-state index in [1.807, 2.05) is 24.3 Å². The van der Waals surface area contributed by atoms with Crippen LogP contribution in [-0.4, -0.2) is 13.1 Å². The van der Waals surface area contributed by atoms with E-state index in [-0.39, 0.29) is 5.97 Å². The summed E-state index contributed by atoms with van der Waals surface area (Å²) in [5.74, 6) is 1.04. The number of ether oxygens (including phenoxy) is 2. The smallest absolute Gasteiger partial charge is 0.337 e. The molecule has 0 amide bonds. The molecule has 0 aliphatic rings. The van der Waals surface area contributed by atoms with Crippen molar-refractivity contribution in [1.29, 1.82) is 0 Å². The molecular weight excluding hydrogens is 296 g/mol. The minimum absolute atomic E-state index is 0.357. The van der Waals surface area contributed by atoms with Crippen LogP contribution in [0.5, 0.6) is 11.5 Å². The normalized spacial score (nSPS) is 9.89. The summed E-state index contributed by atoms with van der Waals surface area (Å²) in [6.45, 7) is 0. The van der Waals surface area contributed by atoms with E-state index >= 15 is 0 Å². The van der Waals surface area contributed by atoms with E-state index in [9.17, 15) is 4.79 Å². The third kappa shape index (κ3) is 3.11. The average molecular weight is 307 g/mol. The molecule has 0 aliphatic heterocycles. The second-order valence-corrected chi connectivity index (χ2v) is 4.49. The lowest BCUT2D eigenvalue weighted by atomic mass is 10.2. The van der Waals surface area contributed by atoms with Gasteiger partial charge in [0.15, 0.2) is 0 Å². The van der Waals surface area contributed by atoms with Crippen molar-refractivity contribution in [2.75, 3.05) is 7.11 Å². The number of esters is 1. The lowest BCUT2D eigenvalue weighted by Gasteiger charge is -2.06. The van der Waals surface area contributed by atoms with Crippen molar-refractivity contribution in [2.24, 2.45) is 0 Å². The van der Waals surface area contributed by atoms with Crippen LogP contribution in [-0.2, 0) is 4.74 Å². The zero-order valence-electron chi connectivity index (χ0n) is 9.72. The first-order chi connectivity index (χ1) is 8.69. The zero-order valence-corrected chi connectivity index (χ0v) is 11.3. The van der Waals surface area contributed by atoms with E-state index in [4.69, 9.17) is 4.74 Å². The van der Waals surface area contributed by atoms with Gasteiger partial charge in [-0.2, -0.15) is 0 Å². The second kappa shape index (κ2) is 5.69. The Hall–Kier alpha value is -1.81. The minimum Gasteiger partial charge on any atom is -0.465 e. The highest BCUT2D eigenvalue weighted by Gasteiger charge is 2.05. The molecule has 3 nitrogen and oxygen atoms in total. The van der Waals surface area contributed by atoms with E-state index in [0.29, 0.717) is 11.3 Å². The molecule has 0 N–H and O–H groups in total. The topological polar surface area (TPSA) is 35.5 Å². The number of carbonyl (C=O) groups excluding carboxylic acids is 1. The Morgan fingerprint density at radius 1 is 1.06 bits per heavy atom. The molecule has 0 atom stereocenters. The average Bonchev–Trinajstić information content (AvgIpc) is 2.39. The van der Waals surface area contributed by atoms with Crippen LogP contribution in [0.3, 0.4) is 0 Å². The van der Waals surface area contributed by atoms with E-state index < -0.39 is 0 Å². The molecule has 18 heavy (non-hydrogen) atoms. The van der Waals surface area contributed by atoms with E-state index in [2.05, 4.69) is 20.7 Å². The molecule has 2 aromatic carbocycles. The first kappa shape index (κ1) is 12.6. The van der Waals surface area contributed by atoms with Gasteiger partial charge in [-0.05, 0) is 42.5 Å². The van der Waals surface area contributed by atoms with Crippen LogP contribution in [0.4, 0.5) is 0 Å². The van der Waals surface area contributed by atoms with Gasteiger partial charge in [-0.1, -0.05) is 22.0 Å². The number of hydrogen-bond acceptors (Lipinski definition) is 3. The largest absolute Gasteiger partial charge is 0.465 e. The highest BCUT2D eigenvalue weighted by Crippen LogP contribution is 2.24. The maximum Gasteiger partial charge on any atom is 0.337 e. The zero-order chi connectivity index (χ0) is 13.0. The summed E-state index contributed by atoms with van der Waals surface area (Å²) in [6.07, 6.45) is 0. The number of benzene rings is 2. The van der Waals surface area contributed by atoms with Crippen molar-refractivity contribution in [3.8, 4) is 11.5 Å². The second-order valence-electron chi connectivity index (χ2n) is 3.58. The van der Waals surface area contributed by atoms with Crippen molar-refractivity contribution < 1.29 is 14.3 Å². The van der Waals surface area contributed by atoms with E-state index in [1.54, 1.807) is 24.3 Å². The predicted octanol–water partition coefficient (Wildman–Crippen LogP) is 4.03. The van der Waals surface area contributed by atoms with Crippen molar-refractivity contribution >= 4 is 21.9 Å². The SMILES string of the molecule is COC(=O)c1ccc(Oc2cccc(Br)c2)cc1. The monoisotopic (exact) mass is 306 g/mol. The fourth-order valence-electron chi connectivity index (χ4n) is 1.44. The molecule has 0 unspecified atom stereocenters. The quantitative estimate of drug-likeness (QED) is 0.803. The van der Waals surface area contributed by atoms with Crippen LogP contribution in [0.2, 0.25) is 0 Å². The van der Waals surface area contributed by atoms with Gasteiger partial charge in [0.1, 0.15) is 11.5 Å². The van der Waals surface area contributed by atoms with Crippen LogP contribution in [0, 0.1) is 0 Å². The number of halogens is 1. The fourth-order valence-corrected chi connectivity index (χ4v) is 1.82. The molecule has 0 heterocycles. The summed E-state index contributed by atoms with van der Waals surface area (Å²) >= 11 is 3.37. The molecule has 0 fully saturated rings. The maximum absolute atomic E-state index is 11.3. The lowest BCUT2D eigenvalue weighted by molar-refractivity contribution is 0.0600. The van der Waals surface area contributed by atoms with Crippen LogP contribution in [0.1, 0.15) is 10.4 Å². The number of rotatable bonds is 3. The van der Waals surface area contributed by atoms with Gasteiger partial charge in [-0.25, -0.2) is 4.79 Å². The predicted molar refractivity (Wildman–Crippen MR) is 72.0 cm³/mol. The van der Waals surface area contributed by atoms with Crippen LogP contribution in [0.25, 0.3) is 0 Å². The molecule has 0 bridgehead atoms. The van der Waals surface area contributed by atoms with Crippen molar-refractivity contribution in [2.45, 2.75) is 0 Å². The van der Waals surface area contributed by atoms with Gasteiger partial charge in [-0.3, -0.25) is 0 Å². The third-order valence-electron chi connectivity index (χ3n) is 2.31. The first-order valence-electron chi connectivity index (χ1n) is 5.31. The molecule has 0 radical (unpaired) electrons. The van der Waals surface area contributed by atoms with Gasteiger partial charge < -0.3 is 9.47 Å². The molecule has 2 aromatic rings. The molecule has 0 spiro atoms. The maximum atomic E-state index is 11.3. The molecule has 4 heteroatoms. The van der Waals surface area contributed by atoms with Crippen LogP contribution >= 0.6 is 15.9 Å². The highest BCUT2D eigenvalue weighted by atomic mass is 79.9. The molecule has 0 aliphatic carbocycles. The summed E-state index contributed by atoms with van der Waals surface area (Å²) in [6, 6.07) is 14.3. The molecule has 0 saturated carbocycles. The summed E-state index contributed by atoms with van der Waals surface area (Å²) in [5.41, 5.74) is 0.499. The van der Waals surface area contributed by atoms with Gasteiger partial charge in [0.2, 0.25) is 0 Å². The molecule has 92 valence electrons. The number of carbonyl (C=O) groups is 1. The van der Waals surface area contributed by atoms with Gasteiger partial charge >= 0.3 is 5.97 Å². The van der Waals surface area contributed by atoms with Gasteiger partial charge in [-0.15, -0.1) is 0 Å². The van der Waals surface area contributed by atoms with Gasteiger partial charge in [0, 0.05) is 4.47 Å². The fraction of sp³-hybridized carbons (Fsp3) is 0.0714. The van der Waals surface area contributed by atoms with Crippen LogP contribution in [0.15, 0.2) is 53.0 Å². The first-order valence-corrected chi connectivity index (χ1v) is 6.10. The Kier molecular flexibility index (Phi) is 3.99. The molecule has 0 aromatic heterocycles. The molecule has 0 saturated heterocycles. The standard InChI is InChI=1S/C14H11BrO3/c1-17-14(16)10-5-7-12(8-6-10)18-13-4-2-3-11(15)9-13/h2-9H,1H3.